The van der Waals surface area contributed by atoms with Crippen LogP contribution in [0.5, 0.6) is 5.75 Å². The zero-order valence-electron chi connectivity index (χ0n) is 11.3. The molecule has 1 heterocycles. The van der Waals surface area contributed by atoms with Gasteiger partial charge in [0.15, 0.2) is 0 Å². The molecule has 5 heteroatoms. The Labute approximate surface area is 116 Å². The fraction of sp³-hybridized carbons (Fsp3) is 0.571. The van der Waals surface area contributed by atoms with Gasteiger partial charge >= 0.3 is 0 Å². The minimum atomic E-state index is -0.891. The number of rotatable bonds is 6. The third-order valence-electron chi connectivity index (χ3n) is 3.29. The highest BCUT2D eigenvalue weighted by Gasteiger charge is 2.18. The third-order valence-corrected chi connectivity index (χ3v) is 4.69. The lowest BCUT2D eigenvalue weighted by molar-refractivity contribution is 0.128. The molecule has 0 aliphatic carbocycles. The molecule has 0 bridgehead atoms. The smallest absolute Gasteiger partial charge is 0.123 e. The number of ether oxygens (including phenoxy) is 2. The van der Waals surface area contributed by atoms with Gasteiger partial charge in [-0.2, -0.15) is 0 Å². The van der Waals surface area contributed by atoms with Gasteiger partial charge in [0.05, 0.1) is 19.0 Å². The zero-order valence-corrected chi connectivity index (χ0v) is 12.1. The molecule has 0 saturated carbocycles. The standard InChI is InChI=1S/C14H21NO3S/c1-17-14-7-11(4-5-12(14)8-15)9-19(16)10-13-3-2-6-18-13/h4-5,7,13H,2-3,6,8-10,15H2,1H3. The fourth-order valence-electron chi connectivity index (χ4n) is 2.28. The maximum atomic E-state index is 12.1. The van der Waals surface area contributed by atoms with Crippen LogP contribution in [0.4, 0.5) is 0 Å². The summed E-state index contributed by atoms with van der Waals surface area (Å²) in [4.78, 5) is 0. The van der Waals surface area contributed by atoms with Gasteiger partial charge in [0.2, 0.25) is 0 Å². The van der Waals surface area contributed by atoms with Crippen LogP contribution < -0.4 is 10.5 Å². The van der Waals surface area contributed by atoms with E-state index in [0.717, 1.165) is 36.3 Å². The van der Waals surface area contributed by atoms with E-state index >= 15 is 0 Å². The SMILES string of the molecule is COc1cc(CS(=O)CC2CCCO2)ccc1CN. The molecule has 19 heavy (non-hydrogen) atoms. The van der Waals surface area contributed by atoms with Gasteiger partial charge in [-0.05, 0) is 24.5 Å². The lowest BCUT2D eigenvalue weighted by Gasteiger charge is -2.11. The largest absolute Gasteiger partial charge is 0.496 e. The molecular formula is C14H21NO3S. The van der Waals surface area contributed by atoms with Crippen LogP contribution in [0.2, 0.25) is 0 Å². The molecule has 4 nitrogen and oxygen atoms in total. The molecule has 2 rings (SSSR count). The first-order valence-electron chi connectivity index (χ1n) is 6.55. The topological polar surface area (TPSA) is 61.5 Å². The first kappa shape index (κ1) is 14.5. The average molecular weight is 283 g/mol. The molecule has 2 atom stereocenters. The quantitative estimate of drug-likeness (QED) is 0.861. The van der Waals surface area contributed by atoms with Crippen LogP contribution in [0.3, 0.4) is 0 Å². The predicted molar refractivity (Wildman–Crippen MR) is 76.6 cm³/mol. The summed E-state index contributed by atoms with van der Waals surface area (Å²) in [5.74, 6) is 1.94. The highest BCUT2D eigenvalue weighted by atomic mass is 32.2. The lowest BCUT2D eigenvalue weighted by atomic mass is 10.1. The lowest BCUT2D eigenvalue weighted by Crippen LogP contribution is -2.16. The summed E-state index contributed by atoms with van der Waals surface area (Å²) in [5, 5.41) is 0. The Morgan fingerprint density at radius 3 is 3.00 bits per heavy atom. The van der Waals surface area contributed by atoms with Gasteiger partial charge in [0, 0.05) is 35.3 Å². The van der Waals surface area contributed by atoms with Gasteiger partial charge in [-0.3, -0.25) is 4.21 Å². The Bertz CT molecular complexity index is 444. The molecule has 0 amide bonds. The van der Waals surface area contributed by atoms with Crippen molar-refractivity contribution in [2.45, 2.75) is 31.2 Å². The number of benzene rings is 1. The van der Waals surface area contributed by atoms with Crippen molar-refractivity contribution in [3.63, 3.8) is 0 Å². The summed E-state index contributed by atoms with van der Waals surface area (Å²) in [6, 6.07) is 5.84. The van der Waals surface area contributed by atoms with Crippen LogP contribution >= 0.6 is 0 Å². The summed E-state index contributed by atoms with van der Waals surface area (Å²) in [7, 11) is 0.735. The third kappa shape index (κ3) is 4.03. The summed E-state index contributed by atoms with van der Waals surface area (Å²) in [5.41, 5.74) is 7.62. The van der Waals surface area contributed by atoms with Crippen molar-refractivity contribution in [2.75, 3.05) is 19.5 Å². The van der Waals surface area contributed by atoms with Crippen LogP contribution in [0.1, 0.15) is 24.0 Å². The monoisotopic (exact) mass is 283 g/mol. The molecule has 2 unspecified atom stereocenters. The minimum Gasteiger partial charge on any atom is -0.496 e. The maximum absolute atomic E-state index is 12.1. The first-order valence-corrected chi connectivity index (χ1v) is 8.04. The number of nitrogens with two attached hydrogens (primary N) is 1. The van der Waals surface area contributed by atoms with Crippen LogP contribution in [-0.4, -0.2) is 29.8 Å². The molecular weight excluding hydrogens is 262 g/mol. The normalized spacial score (nSPS) is 20.4. The second kappa shape index (κ2) is 7.03. The van der Waals surface area contributed by atoms with E-state index in [0.29, 0.717) is 18.1 Å². The van der Waals surface area contributed by atoms with Gasteiger partial charge in [-0.25, -0.2) is 0 Å². The van der Waals surface area contributed by atoms with Crippen molar-refractivity contribution < 1.29 is 13.7 Å². The van der Waals surface area contributed by atoms with E-state index in [-0.39, 0.29) is 6.10 Å². The van der Waals surface area contributed by atoms with E-state index in [1.165, 1.54) is 0 Å². The number of methoxy groups -OCH3 is 1. The molecule has 1 aromatic rings. The molecule has 1 aromatic carbocycles. The summed E-state index contributed by atoms with van der Waals surface area (Å²) in [6.07, 6.45) is 2.29. The number of hydrogen-bond acceptors (Lipinski definition) is 4. The van der Waals surface area contributed by atoms with E-state index in [1.807, 2.05) is 18.2 Å². The maximum Gasteiger partial charge on any atom is 0.123 e. The van der Waals surface area contributed by atoms with E-state index in [2.05, 4.69) is 0 Å². The van der Waals surface area contributed by atoms with Crippen LogP contribution in [-0.2, 0) is 27.8 Å². The molecule has 1 fully saturated rings. The zero-order chi connectivity index (χ0) is 13.7. The molecule has 0 aromatic heterocycles. The number of hydrogen-bond donors (Lipinski definition) is 1. The van der Waals surface area contributed by atoms with Gasteiger partial charge < -0.3 is 15.2 Å². The van der Waals surface area contributed by atoms with Crippen molar-refractivity contribution in [2.24, 2.45) is 5.73 Å². The van der Waals surface area contributed by atoms with Gasteiger partial charge in [0.1, 0.15) is 5.75 Å². The van der Waals surface area contributed by atoms with E-state index in [9.17, 15) is 4.21 Å². The highest BCUT2D eigenvalue weighted by Crippen LogP contribution is 2.21. The second-order valence-electron chi connectivity index (χ2n) is 4.74. The molecule has 0 spiro atoms. The van der Waals surface area contributed by atoms with Crippen molar-refractivity contribution >= 4 is 10.8 Å². The van der Waals surface area contributed by atoms with Crippen LogP contribution in [0.15, 0.2) is 18.2 Å². The Morgan fingerprint density at radius 2 is 2.37 bits per heavy atom. The Morgan fingerprint density at radius 1 is 1.53 bits per heavy atom. The Hall–Kier alpha value is -0.910. The molecule has 0 radical (unpaired) electrons. The molecule has 106 valence electrons. The van der Waals surface area contributed by atoms with Gasteiger partial charge in [0.25, 0.3) is 0 Å². The van der Waals surface area contributed by atoms with Crippen LogP contribution in [0.25, 0.3) is 0 Å². The highest BCUT2D eigenvalue weighted by molar-refractivity contribution is 7.84. The van der Waals surface area contributed by atoms with Crippen LogP contribution in [0, 0.1) is 0 Å². The summed E-state index contributed by atoms with van der Waals surface area (Å²) < 4.78 is 22.9. The van der Waals surface area contributed by atoms with E-state index in [1.54, 1.807) is 7.11 Å². The minimum absolute atomic E-state index is 0.172. The van der Waals surface area contributed by atoms with Crippen molar-refractivity contribution in [3.8, 4) is 5.75 Å². The van der Waals surface area contributed by atoms with Crippen molar-refractivity contribution in [1.29, 1.82) is 0 Å². The van der Waals surface area contributed by atoms with Crippen molar-refractivity contribution in [1.82, 2.24) is 0 Å². The van der Waals surface area contributed by atoms with Gasteiger partial charge in [-0.1, -0.05) is 12.1 Å². The fourth-order valence-corrected chi connectivity index (χ4v) is 3.62. The van der Waals surface area contributed by atoms with Crippen molar-refractivity contribution in [3.05, 3.63) is 29.3 Å². The Kier molecular flexibility index (Phi) is 5.36. The molecule has 1 aliphatic rings. The predicted octanol–water partition coefficient (Wildman–Crippen LogP) is 1.58. The summed E-state index contributed by atoms with van der Waals surface area (Å²) in [6.45, 7) is 1.25. The first-order chi connectivity index (χ1) is 9.22. The molecule has 1 saturated heterocycles. The van der Waals surface area contributed by atoms with E-state index < -0.39 is 10.8 Å². The Balaban J connectivity index is 1.96. The average Bonchev–Trinajstić information content (AvgIpc) is 2.91. The molecule has 2 N–H and O–H groups in total. The van der Waals surface area contributed by atoms with Gasteiger partial charge in [-0.15, -0.1) is 0 Å². The second-order valence-corrected chi connectivity index (χ2v) is 6.24. The molecule has 1 aliphatic heterocycles. The van der Waals surface area contributed by atoms with E-state index in [4.69, 9.17) is 15.2 Å². The summed E-state index contributed by atoms with van der Waals surface area (Å²) >= 11 is 0.